The van der Waals surface area contributed by atoms with Gasteiger partial charge in [-0.25, -0.2) is 4.98 Å². The molecule has 30 heavy (non-hydrogen) atoms. The molecule has 4 rings (SSSR count). The second-order valence-electron chi connectivity index (χ2n) is 8.93. The van der Waals surface area contributed by atoms with Gasteiger partial charge in [0.25, 0.3) is 5.91 Å². The van der Waals surface area contributed by atoms with Crippen molar-refractivity contribution in [1.82, 2.24) is 19.8 Å². The van der Waals surface area contributed by atoms with Crippen LogP contribution >= 0.6 is 0 Å². The lowest BCUT2D eigenvalue weighted by molar-refractivity contribution is 0.0697. The number of likely N-dealkylation sites (tertiary alicyclic amines) is 1. The highest BCUT2D eigenvalue weighted by atomic mass is 16.2. The Morgan fingerprint density at radius 2 is 1.60 bits per heavy atom. The average molecular weight is 408 g/mol. The van der Waals surface area contributed by atoms with E-state index in [2.05, 4.69) is 40.5 Å². The minimum Gasteiger partial charge on any atom is -0.353 e. The van der Waals surface area contributed by atoms with E-state index in [-0.39, 0.29) is 5.91 Å². The fourth-order valence-electron chi connectivity index (χ4n) is 4.28. The summed E-state index contributed by atoms with van der Waals surface area (Å²) < 4.78 is 0. The van der Waals surface area contributed by atoms with E-state index < -0.39 is 0 Å². The summed E-state index contributed by atoms with van der Waals surface area (Å²) in [7, 11) is 0. The molecule has 0 aliphatic carbocycles. The zero-order chi connectivity index (χ0) is 21.1. The molecule has 0 unspecified atom stereocenters. The van der Waals surface area contributed by atoms with E-state index >= 15 is 0 Å². The second kappa shape index (κ2) is 9.13. The Kier molecular flexibility index (Phi) is 6.32. The van der Waals surface area contributed by atoms with E-state index in [1.807, 2.05) is 41.6 Å². The summed E-state index contributed by atoms with van der Waals surface area (Å²) >= 11 is 0. The molecule has 6 heteroatoms. The smallest absolute Gasteiger partial charge is 0.253 e. The van der Waals surface area contributed by atoms with Gasteiger partial charge in [0, 0.05) is 56.4 Å². The number of carbonyl (C=O) groups excluding carboxylic acids is 1. The van der Waals surface area contributed by atoms with Gasteiger partial charge >= 0.3 is 0 Å². The largest absolute Gasteiger partial charge is 0.353 e. The number of piperazine rings is 1. The van der Waals surface area contributed by atoms with Gasteiger partial charge in [0.2, 0.25) is 0 Å². The zero-order valence-electron chi connectivity index (χ0n) is 18.4. The van der Waals surface area contributed by atoms with Crippen molar-refractivity contribution < 1.29 is 4.79 Å². The molecular formula is C24H33N5O. The van der Waals surface area contributed by atoms with Crippen LogP contribution in [0.2, 0.25) is 0 Å². The number of aromatic nitrogens is 2. The first-order valence-corrected chi connectivity index (χ1v) is 11.2. The van der Waals surface area contributed by atoms with Crippen molar-refractivity contribution in [2.75, 3.05) is 44.2 Å². The van der Waals surface area contributed by atoms with E-state index in [0.29, 0.717) is 6.04 Å². The van der Waals surface area contributed by atoms with Crippen LogP contribution in [0, 0.1) is 5.92 Å². The molecule has 0 atom stereocenters. The van der Waals surface area contributed by atoms with Crippen LogP contribution < -0.4 is 4.90 Å². The van der Waals surface area contributed by atoms with Gasteiger partial charge in [0.1, 0.15) is 5.82 Å². The molecule has 160 valence electrons. The van der Waals surface area contributed by atoms with Crippen molar-refractivity contribution in [1.29, 1.82) is 0 Å². The van der Waals surface area contributed by atoms with E-state index in [1.165, 1.54) is 0 Å². The molecule has 1 aromatic heterocycles. The summed E-state index contributed by atoms with van der Waals surface area (Å²) in [6.07, 6.45) is 5.90. The minimum atomic E-state index is 0.135. The fourth-order valence-corrected chi connectivity index (χ4v) is 4.28. The third-order valence-electron chi connectivity index (χ3n) is 6.51. The van der Waals surface area contributed by atoms with Crippen molar-refractivity contribution in [2.45, 2.75) is 39.7 Å². The number of carbonyl (C=O) groups is 1. The van der Waals surface area contributed by atoms with E-state index in [9.17, 15) is 4.79 Å². The topological polar surface area (TPSA) is 52.6 Å². The quantitative estimate of drug-likeness (QED) is 0.776. The summed E-state index contributed by atoms with van der Waals surface area (Å²) in [6.45, 7) is 12.6. The Hall–Kier alpha value is -2.47. The van der Waals surface area contributed by atoms with Crippen LogP contribution in [0.3, 0.4) is 0 Å². The normalized spacial score (nSPS) is 18.8. The lowest BCUT2D eigenvalue weighted by Crippen LogP contribution is -2.49. The van der Waals surface area contributed by atoms with Crippen LogP contribution in [0.25, 0.3) is 11.3 Å². The number of hydrogen-bond donors (Lipinski definition) is 0. The average Bonchev–Trinajstić information content (AvgIpc) is 2.79. The summed E-state index contributed by atoms with van der Waals surface area (Å²) in [5.74, 6) is 1.79. The van der Waals surface area contributed by atoms with E-state index in [4.69, 9.17) is 0 Å². The molecule has 0 N–H and O–H groups in total. The maximum Gasteiger partial charge on any atom is 0.253 e. The van der Waals surface area contributed by atoms with Crippen LogP contribution in [0.5, 0.6) is 0 Å². The van der Waals surface area contributed by atoms with Crippen LogP contribution in [0.4, 0.5) is 5.82 Å². The van der Waals surface area contributed by atoms with Crippen molar-refractivity contribution in [3.63, 3.8) is 0 Å². The van der Waals surface area contributed by atoms with Gasteiger partial charge in [0.15, 0.2) is 0 Å². The SMILES string of the molecule is CC1CCN(C(=O)c2ccc(-c3cnc(N4CCN(C(C)C)CC4)cn3)cc2)CC1. The summed E-state index contributed by atoms with van der Waals surface area (Å²) in [4.78, 5) is 28.8. The van der Waals surface area contributed by atoms with Crippen LogP contribution in [0.1, 0.15) is 44.0 Å². The summed E-state index contributed by atoms with van der Waals surface area (Å²) in [5, 5.41) is 0. The highest BCUT2D eigenvalue weighted by molar-refractivity contribution is 5.94. The number of benzene rings is 1. The van der Waals surface area contributed by atoms with Crippen molar-refractivity contribution in [3.8, 4) is 11.3 Å². The van der Waals surface area contributed by atoms with Crippen molar-refractivity contribution in [3.05, 3.63) is 42.2 Å². The first kappa shape index (κ1) is 20.8. The number of rotatable bonds is 4. The number of hydrogen-bond acceptors (Lipinski definition) is 5. The molecule has 2 saturated heterocycles. The number of amides is 1. The lowest BCUT2D eigenvalue weighted by Gasteiger charge is -2.37. The standard InChI is InChI=1S/C24H33N5O/c1-18(2)27-12-14-28(15-13-27)23-17-25-22(16-26-23)20-4-6-21(7-5-20)24(30)29-10-8-19(3)9-11-29/h4-7,16-19H,8-15H2,1-3H3. The maximum absolute atomic E-state index is 12.7. The van der Waals surface area contributed by atoms with E-state index in [0.717, 1.165) is 80.7 Å². The molecule has 0 saturated carbocycles. The molecule has 1 aromatic carbocycles. The molecule has 2 aliphatic rings. The number of anilines is 1. The summed E-state index contributed by atoms with van der Waals surface area (Å²) in [6, 6.07) is 8.37. The third-order valence-corrected chi connectivity index (χ3v) is 6.51. The first-order valence-electron chi connectivity index (χ1n) is 11.2. The lowest BCUT2D eigenvalue weighted by atomic mass is 9.98. The van der Waals surface area contributed by atoms with Crippen LogP contribution in [0.15, 0.2) is 36.7 Å². The van der Waals surface area contributed by atoms with Crippen molar-refractivity contribution in [2.24, 2.45) is 5.92 Å². The monoisotopic (exact) mass is 407 g/mol. The molecule has 6 nitrogen and oxygen atoms in total. The summed E-state index contributed by atoms with van der Waals surface area (Å²) in [5.41, 5.74) is 2.58. The molecule has 2 fully saturated rings. The van der Waals surface area contributed by atoms with Gasteiger partial charge < -0.3 is 9.80 Å². The highest BCUT2D eigenvalue weighted by Gasteiger charge is 2.22. The molecule has 2 aromatic rings. The van der Waals surface area contributed by atoms with Gasteiger partial charge in [-0.3, -0.25) is 14.7 Å². The predicted octanol–water partition coefficient (Wildman–Crippen LogP) is 3.55. The number of nitrogens with zero attached hydrogens (tertiary/aromatic N) is 5. The Morgan fingerprint density at radius 3 is 2.17 bits per heavy atom. The minimum absolute atomic E-state index is 0.135. The first-order chi connectivity index (χ1) is 14.5. The fraction of sp³-hybridized carbons (Fsp3) is 0.542. The number of piperidine rings is 1. The molecule has 2 aliphatic heterocycles. The maximum atomic E-state index is 12.7. The molecular weight excluding hydrogens is 374 g/mol. The van der Waals surface area contributed by atoms with Gasteiger partial charge in [-0.1, -0.05) is 19.1 Å². The van der Waals surface area contributed by atoms with Crippen molar-refractivity contribution >= 4 is 11.7 Å². The predicted molar refractivity (Wildman–Crippen MR) is 121 cm³/mol. The molecule has 0 radical (unpaired) electrons. The zero-order valence-corrected chi connectivity index (χ0v) is 18.4. The Morgan fingerprint density at radius 1 is 0.933 bits per heavy atom. The van der Waals surface area contributed by atoms with Gasteiger partial charge in [-0.15, -0.1) is 0 Å². The second-order valence-corrected chi connectivity index (χ2v) is 8.93. The molecule has 0 bridgehead atoms. The molecule has 1 amide bonds. The van der Waals surface area contributed by atoms with E-state index in [1.54, 1.807) is 0 Å². The highest BCUT2D eigenvalue weighted by Crippen LogP contribution is 2.22. The Balaban J connectivity index is 1.38. The Bertz CT molecular complexity index is 833. The van der Waals surface area contributed by atoms with Gasteiger partial charge in [-0.05, 0) is 44.7 Å². The van der Waals surface area contributed by atoms with Crippen LogP contribution in [-0.4, -0.2) is 71.0 Å². The Labute approximate surface area is 179 Å². The molecule has 3 heterocycles. The van der Waals surface area contributed by atoms with Gasteiger partial charge in [-0.2, -0.15) is 0 Å². The third kappa shape index (κ3) is 4.64. The van der Waals surface area contributed by atoms with Gasteiger partial charge in [0.05, 0.1) is 18.1 Å². The van der Waals surface area contributed by atoms with Crippen LogP contribution in [-0.2, 0) is 0 Å². The molecule has 0 spiro atoms.